The highest BCUT2D eigenvalue weighted by Crippen LogP contribution is 2.47. The second kappa shape index (κ2) is 37.4. The zero-order valence-electron chi connectivity index (χ0n) is 37.1. The van der Waals surface area contributed by atoms with E-state index in [4.69, 9.17) is 18.5 Å². The van der Waals surface area contributed by atoms with Crippen molar-refractivity contribution in [3.8, 4) is 0 Å². The maximum atomic E-state index is 12.8. The van der Waals surface area contributed by atoms with Crippen LogP contribution in [0.4, 0.5) is 0 Å². The molecule has 1 aliphatic rings. The zero-order chi connectivity index (χ0) is 43.4. The van der Waals surface area contributed by atoms with Crippen molar-refractivity contribution in [1.82, 2.24) is 0 Å². The normalized spacial score (nSPS) is 22.6. The molecule has 12 nitrogen and oxygen atoms in total. The topological polar surface area (TPSA) is 192 Å². The average molecular weight is 863 g/mol. The van der Waals surface area contributed by atoms with Crippen LogP contribution in [-0.4, -0.2) is 98.9 Å². The minimum atomic E-state index is -5.01. The Morgan fingerprint density at radius 1 is 0.542 bits per heavy atom. The van der Waals surface area contributed by atoms with Gasteiger partial charge in [-0.2, -0.15) is 0 Å². The molecule has 0 aromatic rings. The molecule has 6 atom stereocenters. The van der Waals surface area contributed by atoms with Crippen LogP contribution in [0.2, 0.25) is 0 Å². The highest BCUT2D eigenvalue weighted by molar-refractivity contribution is 7.47. The Hall–Kier alpha value is -1.18. The summed E-state index contributed by atoms with van der Waals surface area (Å²) in [5.74, 6) is -0.481. The van der Waals surface area contributed by atoms with Crippen LogP contribution in [-0.2, 0) is 27.9 Å². The number of carbonyl (C=O) groups is 1. The Morgan fingerprint density at radius 3 is 1.42 bits per heavy atom. The van der Waals surface area contributed by atoms with Crippen molar-refractivity contribution < 1.29 is 58.3 Å². The van der Waals surface area contributed by atoms with Crippen LogP contribution in [0.5, 0.6) is 0 Å². The Bertz CT molecular complexity index is 1070. The quantitative estimate of drug-likeness (QED) is 0.0148. The number of esters is 1. The molecule has 1 fully saturated rings. The Kier molecular flexibility index (Phi) is 35.4. The number of aliphatic hydroxyl groups excluding tert-OH is 5. The molecule has 1 rings (SSSR count). The SMILES string of the molecule is CCCCCCC/C=C\C/C=C\CCCCCCCCCCCCCCOCC(COP(=O)(O)OC1C(O)C(O)C(O)C(O)C1O)OC(=O)CCCCCCCCCC. The fourth-order valence-corrected chi connectivity index (χ4v) is 8.24. The van der Waals surface area contributed by atoms with E-state index in [0.717, 1.165) is 44.9 Å². The van der Waals surface area contributed by atoms with Crippen molar-refractivity contribution in [3.63, 3.8) is 0 Å². The number of unbranched alkanes of at least 4 members (excludes halogenated alkanes) is 24. The molecule has 13 heteroatoms. The molecule has 0 amide bonds. The maximum Gasteiger partial charge on any atom is 0.472 e. The number of rotatable bonds is 40. The van der Waals surface area contributed by atoms with Crippen LogP contribution in [0.1, 0.15) is 200 Å². The van der Waals surface area contributed by atoms with Crippen molar-refractivity contribution in [2.24, 2.45) is 0 Å². The molecular weight excluding hydrogens is 775 g/mol. The minimum Gasteiger partial charge on any atom is -0.457 e. The fraction of sp³-hybridized carbons (Fsp3) is 0.891. The second-order valence-corrected chi connectivity index (χ2v) is 18.0. The van der Waals surface area contributed by atoms with E-state index < -0.39 is 63.1 Å². The molecule has 6 N–H and O–H groups in total. The molecular formula is C46H87O12P. The first-order valence-corrected chi connectivity index (χ1v) is 25.2. The summed E-state index contributed by atoms with van der Waals surface area (Å²) < 4.78 is 34.1. The predicted molar refractivity (Wildman–Crippen MR) is 235 cm³/mol. The summed E-state index contributed by atoms with van der Waals surface area (Å²) >= 11 is 0. The van der Waals surface area contributed by atoms with Gasteiger partial charge >= 0.3 is 13.8 Å². The van der Waals surface area contributed by atoms with Gasteiger partial charge in [0.15, 0.2) is 0 Å². The first-order chi connectivity index (χ1) is 28.5. The van der Waals surface area contributed by atoms with Gasteiger partial charge in [0, 0.05) is 13.0 Å². The van der Waals surface area contributed by atoms with E-state index in [1.165, 1.54) is 128 Å². The second-order valence-electron chi connectivity index (χ2n) is 16.6. The maximum absolute atomic E-state index is 12.8. The first kappa shape index (κ1) is 55.8. The van der Waals surface area contributed by atoms with Crippen LogP contribution in [0, 0.1) is 0 Å². The lowest BCUT2D eigenvalue weighted by atomic mass is 9.85. The molecule has 6 unspecified atom stereocenters. The van der Waals surface area contributed by atoms with Gasteiger partial charge in [0.25, 0.3) is 0 Å². The molecule has 0 saturated heterocycles. The van der Waals surface area contributed by atoms with E-state index in [0.29, 0.717) is 13.0 Å². The van der Waals surface area contributed by atoms with Crippen molar-refractivity contribution in [2.45, 2.75) is 243 Å². The molecule has 348 valence electrons. The Morgan fingerprint density at radius 2 is 0.949 bits per heavy atom. The summed E-state index contributed by atoms with van der Waals surface area (Å²) in [5.41, 5.74) is 0. The highest BCUT2D eigenvalue weighted by Gasteiger charge is 2.51. The molecule has 0 spiro atoms. The number of aliphatic hydroxyl groups is 5. The number of hydrogen-bond donors (Lipinski definition) is 6. The molecule has 0 aromatic carbocycles. The van der Waals surface area contributed by atoms with E-state index in [1.807, 2.05) is 0 Å². The average Bonchev–Trinajstić information content (AvgIpc) is 3.22. The van der Waals surface area contributed by atoms with Crippen molar-refractivity contribution in [3.05, 3.63) is 24.3 Å². The fourth-order valence-electron chi connectivity index (χ4n) is 7.27. The van der Waals surface area contributed by atoms with E-state index >= 15 is 0 Å². The van der Waals surface area contributed by atoms with Gasteiger partial charge in [0.1, 0.15) is 42.7 Å². The first-order valence-electron chi connectivity index (χ1n) is 23.7. The third-order valence-corrected chi connectivity index (χ3v) is 12.1. The van der Waals surface area contributed by atoms with Crippen molar-refractivity contribution in [2.75, 3.05) is 19.8 Å². The van der Waals surface area contributed by atoms with Gasteiger partial charge in [-0.15, -0.1) is 0 Å². The molecule has 1 saturated carbocycles. The lowest BCUT2D eigenvalue weighted by Crippen LogP contribution is -2.64. The largest absolute Gasteiger partial charge is 0.472 e. The Labute approximate surface area is 358 Å². The van der Waals surface area contributed by atoms with Gasteiger partial charge in [-0.25, -0.2) is 4.57 Å². The summed E-state index contributed by atoms with van der Waals surface area (Å²) in [5, 5.41) is 50.1. The van der Waals surface area contributed by atoms with Crippen LogP contribution < -0.4 is 0 Å². The van der Waals surface area contributed by atoms with E-state index in [-0.39, 0.29) is 13.0 Å². The standard InChI is InChI=1S/C46H87O12P/c1-3-5-7-9-11-13-14-15-16-17-18-19-20-21-22-23-24-25-26-27-28-30-32-34-36-55-37-39(57-40(47)35-33-31-29-12-10-8-6-4-2)38-56-59(53,54)58-46-44(51)42(49)41(48)43(50)45(46)52/h14-15,17-18,39,41-46,48-52H,3-13,16,19-38H2,1-2H3,(H,53,54)/b15-14-,18-17-. The molecule has 0 bridgehead atoms. The van der Waals surface area contributed by atoms with Crippen LogP contribution in [0.25, 0.3) is 0 Å². The lowest BCUT2D eigenvalue weighted by molar-refractivity contribution is -0.220. The number of ether oxygens (including phenoxy) is 2. The van der Waals surface area contributed by atoms with Crippen LogP contribution in [0.3, 0.4) is 0 Å². The zero-order valence-corrected chi connectivity index (χ0v) is 38.0. The van der Waals surface area contributed by atoms with Gasteiger partial charge in [-0.3, -0.25) is 13.8 Å². The lowest BCUT2D eigenvalue weighted by Gasteiger charge is -2.41. The third-order valence-electron chi connectivity index (χ3n) is 11.1. The summed E-state index contributed by atoms with van der Waals surface area (Å²) in [6.07, 6.45) is 29.9. The van der Waals surface area contributed by atoms with Gasteiger partial charge in [-0.05, 0) is 44.9 Å². The molecule has 0 aromatic heterocycles. The summed E-state index contributed by atoms with van der Waals surface area (Å²) in [4.78, 5) is 23.0. The minimum absolute atomic E-state index is 0.0743. The van der Waals surface area contributed by atoms with E-state index in [2.05, 4.69) is 38.2 Å². The van der Waals surface area contributed by atoms with Gasteiger partial charge in [0.05, 0.1) is 13.2 Å². The Balaban J connectivity index is 2.25. The molecule has 59 heavy (non-hydrogen) atoms. The summed E-state index contributed by atoms with van der Waals surface area (Å²) in [6.45, 7) is 4.21. The number of carbonyl (C=O) groups excluding carboxylic acids is 1. The van der Waals surface area contributed by atoms with Gasteiger partial charge in [0.2, 0.25) is 0 Å². The van der Waals surface area contributed by atoms with Gasteiger partial charge < -0.3 is 39.9 Å². The monoisotopic (exact) mass is 863 g/mol. The van der Waals surface area contributed by atoms with Crippen LogP contribution in [0.15, 0.2) is 24.3 Å². The number of phosphoric ester groups is 1. The molecule has 0 radical (unpaired) electrons. The predicted octanol–water partition coefficient (Wildman–Crippen LogP) is 9.70. The van der Waals surface area contributed by atoms with E-state index in [1.54, 1.807) is 0 Å². The highest BCUT2D eigenvalue weighted by atomic mass is 31.2. The molecule has 1 aliphatic carbocycles. The smallest absolute Gasteiger partial charge is 0.457 e. The third kappa shape index (κ3) is 29.7. The van der Waals surface area contributed by atoms with Crippen LogP contribution >= 0.6 is 7.82 Å². The number of phosphoric acid groups is 1. The molecule has 0 aliphatic heterocycles. The summed E-state index contributed by atoms with van der Waals surface area (Å²) in [7, 11) is -5.01. The number of hydrogen-bond acceptors (Lipinski definition) is 11. The number of allylic oxidation sites excluding steroid dienone is 4. The van der Waals surface area contributed by atoms with Crippen molar-refractivity contribution in [1.29, 1.82) is 0 Å². The summed E-state index contributed by atoms with van der Waals surface area (Å²) in [6, 6.07) is 0. The van der Waals surface area contributed by atoms with E-state index in [9.17, 15) is 39.8 Å². The molecule has 0 heterocycles. The van der Waals surface area contributed by atoms with Gasteiger partial charge in [-0.1, -0.05) is 173 Å². The van der Waals surface area contributed by atoms with Crippen molar-refractivity contribution >= 4 is 13.8 Å².